The van der Waals surface area contributed by atoms with Crippen molar-refractivity contribution < 1.29 is 22.7 Å². The van der Waals surface area contributed by atoms with Crippen molar-refractivity contribution in [1.82, 2.24) is 5.32 Å². The number of sulfonamides is 1. The van der Waals surface area contributed by atoms with Gasteiger partial charge in [-0.15, -0.1) is 4.40 Å². The lowest BCUT2D eigenvalue weighted by molar-refractivity contribution is -0.127. The molecule has 10 heteroatoms. The van der Waals surface area contributed by atoms with Gasteiger partial charge < -0.3 is 19.9 Å². The van der Waals surface area contributed by atoms with E-state index in [2.05, 4.69) is 9.71 Å². The van der Waals surface area contributed by atoms with Crippen molar-refractivity contribution in [2.75, 3.05) is 29.4 Å². The number of nitrogens with one attached hydrogen (secondary N) is 1. The number of benzene rings is 3. The van der Waals surface area contributed by atoms with Gasteiger partial charge in [0.25, 0.3) is 21.8 Å². The minimum Gasteiger partial charge on any atom is -0.477 e. The minimum atomic E-state index is -3.98. The summed E-state index contributed by atoms with van der Waals surface area (Å²) in [6.07, 6.45) is -0.262. The molecule has 1 atom stereocenters. The van der Waals surface area contributed by atoms with Crippen LogP contribution in [0.4, 0.5) is 11.4 Å². The molecule has 0 radical (unpaired) electrons. The smallest absolute Gasteiger partial charge is 0.286 e. The van der Waals surface area contributed by atoms with E-state index in [9.17, 15) is 18.0 Å². The van der Waals surface area contributed by atoms with Crippen molar-refractivity contribution in [2.45, 2.75) is 38.2 Å². The molecule has 0 fully saturated rings. The fourth-order valence-corrected chi connectivity index (χ4v) is 6.19. The van der Waals surface area contributed by atoms with E-state index in [-0.39, 0.29) is 28.8 Å². The molecule has 9 nitrogen and oxygen atoms in total. The molecule has 208 valence electrons. The van der Waals surface area contributed by atoms with E-state index < -0.39 is 22.0 Å². The predicted molar refractivity (Wildman–Crippen MR) is 155 cm³/mol. The van der Waals surface area contributed by atoms with Crippen LogP contribution in [0.3, 0.4) is 0 Å². The van der Waals surface area contributed by atoms with Crippen LogP contribution in [-0.2, 0) is 21.2 Å². The molecular weight excluding hydrogens is 528 g/mol. The number of amidine groups is 1. The number of carbonyl (C=O) groups excluding carboxylic acids is 2. The number of carbonyl (C=O) groups is 2. The summed E-state index contributed by atoms with van der Waals surface area (Å²) in [4.78, 5) is 30.2. The second-order valence-corrected chi connectivity index (χ2v) is 11.9. The molecule has 3 aromatic carbocycles. The SMILES string of the molecule is CC1=NS(=O)(=O)c2cc(C(=O)N3C[C@@H](C(=O)NCCc4ccccc4)Oc4ccccc43)ccc2N1CC(C)C. The van der Waals surface area contributed by atoms with Crippen molar-refractivity contribution >= 4 is 39.0 Å². The quantitative estimate of drug-likeness (QED) is 0.467. The topological polar surface area (TPSA) is 108 Å². The molecule has 2 heterocycles. The average molecular weight is 561 g/mol. The first kappa shape index (κ1) is 27.4. The fraction of sp³-hybridized carbons (Fsp3) is 0.300. The molecule has 2 amide bonds. The van der Waals surface area contributed by atoms with Crippen LogP contribution in [-0.4, -0.2) is 51.8 Å². The summed E-state index contributed by atoms with van der Waals surface area (Å²) in [5.74, 6) is 0.298. The van der Waals surface area contributed by atoms with Gasteiger partial charge in [-0.25, -0.2) is 0 Å². The van der Waals surface area contributed by atoms with Crippen molar-refractivity contribution in [1.29, 1.82) is 0 Å². The lowest BCUT2D eigenvalue weighted by atomic mass is 10.1. The van der Waals surface area contributed by atoms with E-state index in [0.717, 1.165) is 5.56 Å². The second kappa shape index (κ2) is 11.1. The maximum atomic E-state index is 13.8. The van der Waals surface area contributed by atoms with Gasteiger partial charge in [-0.1, -0.05) is 56.3 Å². The van der Waals surface area contributed by atoms with Crippen LogP contribution in [0.1, 0.15) is 36.7 Å². The number of amides is 2. The zero-order valence-corrected chi connectivity index (χ0v) is 23.5. The summed E-state index contributed by atoms with van der Waals surface area (Å²) in [5.41, 5.74) is 2.29. The highest BCUT2D eigenvalue weighted by molar-refractivity contribution is 7.90. The van der Waals surface area contributed by atoms with Gasteiger partial charge >= 0.3 is 0 Å². The predicted octanol–water partition coefficient (Wildman–Crippen LogP) is 4.04. The Hall–Kier alpha value is -4.18. The summed E-state index contributed by atoms with van der Waals surface area (Å²) < 4.78 is 35.9. The number of nitrogens with zero attached hydrogens (tertiary/aromatic N) is 3. The van der Waals surface area contributed by atoms with Crippen molar-refractivity contribution in [3.63, 3.8) is 0 Å². The standard InChI is InChI=1S/C30H32N4O5S/c1-20(2)18-33-21(3)32-40(37,38)28-17-23(13-14-25(28)33)30(36)34-19-27(39-26-12-8-7-11-24(26)34)29(35)31-16-15-22-9-5-4-6-10-22/h4-14,17,20,27H,15-16,18-19H2,1-3H3,(H,31,35)/t27-/m0/s1. The summed E-state index contributed by atoms with van der Waals surface area (Å²) in [7, 11) is -3.98. The van der Waals surface area contributed by atoms with Crippen molar-refractivity contribution in [2.24, 2.45) is 10.3 Å². The van der Waals surface area contributed by atoms with E-state index in [1.165, 1.54) is 11.0 Å². The van der Waals surface area contributed by atoms with Gasteiger partial charge in [-0.2, -0.15) is 8.42 Å². The Morgan fingerprint density at radius 1 is 1.02 bits per heavy atom. The van der Waals surface area contributed by atoms with Crippen LogP contribution in [0.15, 0.2) is 82.1 Å². The molecule has 2 aliphatic rings. The van der Waals surface area contributed by atoms with Crippen LogP contribution in [0.2, 0.25) is 0 Å². The van der Waals surface area contributed by atoms with Crippen LogP contribution in [0.5, 0.6) is 5.75 Å². The van der Waals surface area contributed by atoms with Crippen LogP contribution in [0, 0.1) is 5.92 Å². The zero-order valence-electron chi connectivity index (χ0n) is 22.7. The van der Waals surface area contributed by atoms with Crippen LogP contribution >= 0.6 is 0 Å². The summed E-state index contributed by atoms with van der Waals surface area (Å²) in [6, 6.07) is 21.5. The molecule has 5 rings (SSSR count). The molecule has 2 aliphatic heterocycles. The Balaban J connectivity index is 1.40. The monoisotopic (exact) mass is 560 g/mol. The average Bonchev–Trinajstić information content (AvgIpc) is 2.94. The largest absolute Gasteiger partial charge is 0.477 e. The molecule has 0 aromatic heterocycles. The molecule has 0 saturated carbocycles. The molecule has 1 N–H and O–H groups in total. The number of anilines is 2. The van der Waals surface area contributed by atoms with Crippen LogP contribution < -0.4 is 19.9 Å². The summed E-state index contributed by atoms with van der Waals surface area (Å²) in [6.45, 7) is 6.73. The van der Waals surface area contributed by atoms with Crippen LogP contribution in [0.25, 0.3) is 0 Å². The molecule has 0 spiro atoms. The Morgan fingerprint density at radius 2 is 1.75 bits per heavy atom. The van der Waals surface area contributed by atoms with Gasteiger partial charge in [0.1, 0.15) is 16.5 Å². The third kappa shape index (κ3) is 5.58. The second-order valence-electron chi connectivity index (χ2n) is 10.3. The number of rotatable bonds is 7. The van der Waals surface area contributed by atoms with E-state index in [4.69, 9.17) is 4.74 Å². The number of ether oxygens (including phenoxy) is 1. The highest BCUT2D eigenvalue weighted by atomic mass is 32.2. The summed E-state index contributed by atoms with van der Waals surface area (Å²) >= 11 is 0. The number of fused-ring (bicyclic) bond motifs is 2. The molecule has 3 aromatic rings. The van der Waals surface area contributed by atoms with Gasteiger partial charge in [0.15, 0.2) is 6.10 Å². The molecule has 0 aliphatic carbocycles. The van der Waals surface area contributed by atoms with Gasteiger partial charge in [0.05, 0.1) is 17.9 Å². The normalized spacial score (nSPS) is 17.4. The Bertz CT molecular complexity index is 1570. The lowest BCUT2D eigenvalue weighted by Crippen LogP contribution is -2.51. The van der Waals surface area contributed by atoms with E-state index >= 15 is 0 Å². The van der Waals surface area contributed by atoms with Crippen molar-refractivity contribution in [3.05, 3.63) is 83.9 Å². The highest BCUT2D eigenvalue weighted by Gasteiger charge is 2.36. The van der Waals surface area contributed by atoms with Crippen molar-refractivity contribution in [3.8, 4) is 5.75 Å². The molecule has 0 saturated heterocycles. The maximum absolute atomic E-state index is 13.8. The Morgan fingerprint density at radius 3 is 2.50 bits per heavy atom. The lowest BCUT2D eigenvalue weighted by Gasteiger charge is -2.34. The molecular formula is C30H32N4O5S. The van der Waals surface area contributed by atoms with Gasteiger partial charge in [0.2, 0.25) is 0 Å². The first-order valence-corrected chi connectivity index (χ1v) is 14.7. The third-order valence-electron chi connectivity index (χ3n) is 6.83. The van der Waals surface area contributed by atoms with E-state index in [1.54, 1.807) is 43.3 Å². The van der Waals surface area contributed by atoms with Gasteiger partial charge in [0, 0.05) is 18.7 Å². The molecule has 40 heavy (non-hydrogen) atoms. The molecule has 0 bridgehead atoms. The first-order chi connectivity index (χ1) is 19.1. The first-order valence-electron chi connectivity index (χ1n) is 13.3. The van der Waals surface area contributed by atoms with E-state index in [0.29, 0.717) is 42.5 Å². The van der Waals surface area contributed by atoms with Gasteiger partial charge in [-0.05, 0) is 55.2 Å². The Labute approximate surface area is 234 Å². The molecule has 0 unspecified atom stereocenters. The zero-order chi connectivity index (χ0) is 28.4. The minimum absolute atomic E-state index is 0.0126. The third-order valence-corrected chi connectivity index (χ3v) is 8.22. The highest BCUT2D eigenvalue weighted by Crippen LogP contribution is 2.36. The number of para-hydroxylation sites is 2. The Kier molecular flexibility index (Phi) is 7.62. The van der Waals surface area contributed by atoms with Gasteiger partial charge in [-0.3, -0.25) is 9.59 Å². The van der Waals surface area contributed by atoms with E-state index in [1.807, 2.05) is 49.1 Å². The summed E-state index contributed by atoms with van der Waals surface area (Å²) in [5, 5.41) is 2.91. The fourth-order valence-electron chi connectivity index (χ4n) is 4.93. The number of hydrogen-bond donors (Lipinski definition) is 1. The maximum Gasteiger partial charge on any atom is 0.286 e. The number of hydrogen-bond acceptors (Lipinski definition) is 6.